The number of carbonyl (C=O) groups is 2. The molecular formula is C42H45N3O5S. The lowest BCUT2D eigenvalue weighted by atomic mass is 10.0. The lowest BCUT2D eigenvalue weighted by Gasteiger charge is -2.34. The molecule has 8 nitrogen and oxygen atoms in total. The molecule has 5 aromatic carbocycles. The van der Waals surface area contributed by atoms with E-state index in [1.54, 1.807) is 36.4 Å². The maximum atomic E-state index is 14.7. The first-order chi connectivity index (χ1) is 24.5. The van der Waals surface area contributed by atoms with E-state index in [9.17, 15) is 18.0 Å². The molecule has 0 fully saturated rings. The number of rotatable bonds is 15. The molecule has 0 bridgehead atoms. The maximum absolute atomic E-state index is 14.7. The van der Waals surface area contributed by atoms with E-state index in [0.29, 0.717) is 17.9 Å². The number of aryl methyl sites for hydroxylation is 2. The Bertz CT molecular complexity index is 1980. The summed E-state index contributed by atoms with van der Waals surface area (Å²) in [5.41, 5.74) is 3.94. The minimum atomic E-state index is -4.23. The van der Waals surface area contributed by atoms with Gasteiger partial charge in [-0.25, -0.2) is 8.42 Å². The van der Waals surface area contributed by atoms with Gasteiger partial charge in [-0.15, -0.1) is 0 Å². The van der Waals surface area contributed by atoms with Crippen molar-refractivity contribution in [1.82, 2.24) is 10.2 Å². The Labute approximate surface area is 301 Å². The summed E-state index contributed by atoms with van der Waals surface area (Å²) in [5, 5.41) is 3.07. The van der Waals surface area contributed by atoms with E-state index in [1.165, 1.54) is 17.0 Å². The number of sulfonamides is 1. The molecule has 2 unspecified atom stereocenters. The number of ether oxygens (including phenoxy) is 1. The largest absolute Gasteiger partial charge is 0.457 e. The van der Waals surface area contributed by atoms with Gasteiger partial charge in [-0.05, 0) is 86.8 Å². The minimum Gasteiger partial charge on any atom is -0.457 e. The number of amides is 2. The average Bonchev–Trinajstić information content (AvgIpc) is 3.14. The van der Waals surface area contributed by atoms with Gasteiger partial charge in [0, 0.05) is 19.0 Å². The number of anilines is 1. The van der Waals surface area contributed by atoms with Gasteiger partial charge >= 0.3 is 0 Å². The van der Waals surface area contributed by atoms with Gasteiger partial charge in [0.1, 0.15) is 24.1 Å². The number of hydrogen-bond donors (Lipinski definition) is 1. The molecule has 9 heteroatoms. The zero-order valence-electron chi connectivity index (χ0n) is 29.5. The Morgan fingerprint density at radius 1 is 0.706 bits per heavy atom. The maximum Gasteiger partial charge on any atom is 0.264 e. The second kappa shape index (κ2) is 17.0. The van der Waals surface area contributed by atoms with Crippen molar-refractivity contribution < 1.29 is 22.7 Å². The molecule has 0 spiro atoms. The molecule has 0 aliphatic heterocycles. The molecule has 5 rings (SSSR count). The van der Waals surface area contributed by atoms with Crippen LogP contribution in [-0.2, 0) is 32.6 Å². The number of nitrogens with zero attached hydrogens (tertiary/aromatic N) is 2. The number of hydrogen-bond acceptors (Lipinski definition) is 5. The Morgan fingerprint density at radius 3 is 1.84 bits per heavy atom. The molecule has 0 heterocycles. The predicted molar refractivity (Wildman–Crippen MR) is 202 cm³/mol. The van der Waals surface area contributed by atoms with Crippen molar-refractivity contribution in [2.45, 2.75) is 64.1 Å². The van der Waals surface area contributed by atoms with E-state index in [-0.39, 0.29) is 35.5 Å². The number of nitrogens with one attached hydrogen (secondary N) is 1. The first-order valence-corrected chi connectivity index (χ1v) is 18.6. The van der Waals surface area contributed by atoms with Crippen molar-refractivity contribution in [2.75, 3.05) is 10.8 Å². The Morgan fingerprint density at radius 2 is 1.25 bits per heavy atom. The van der Waals surface area contributed by atoms with Crippen LogP contribution in [0.5, 0.6) is 11.5 Å². The monoisotopic (exact) mass is 703 g/mol. The fourth-order valence-electron chi connectivity index (χ4n) is 5.56. The van der Waals surface area contributed by atoms with Crippen molar-refractivity contribution in [1.29, 1.82) is 0 Å². The Balaban J connectivity index is 1.56. The van der Waals surface area contributed by atoms with Crippen LogP contribution in [0.25, 0.3) is 0 Å². The minimum absolute atomic E-state index is 0.0472. The van der Waals surface area contributed by atoms with Crippen LogP contribution >= 0.6 is 0 Å². The van der Waals surface area contributed by atoms with E-state index < -0.39 is 28.5 Å². The molecule has 0 aromatic heterocycles. The summed E-state index contributed by atoms with van der Waals surface area (Å²) in [6.45, 7) is 7.33. The van der Waals surface area contributed by atoms with Gasteiger partial charge in [-0.1, -0.05) is 103 Å². The van der Waals surface area contributed by atoms with Gasteiger partial charge in [-0.2, -0.15) is 0 Å². The first-order valence-electron chi connectivity index (χ1n) is 17.1. The fraction of sp³-hybridized carbons (Fsp3) is 0.238. The zero-order valence-corrected chi connectivity index (χ0v) is 30.3. The van der Waals surface area contributed by atoms with E-state index in [2.05, 4.69) is 5.32 Å². The van der Waals surface area contributed by atoms with Gasteiger partial charge in [-0.3, -0.25) is 13.9 Å². The Kier molecular flexibility index (Phi) is 12.3. The van der Waals surface area contributed by atoms with Gasteiger partial charge < -0.3 is 15.0 Å². The van der Waals surface area contributed by atoms with Crippen LogP contribution in [0, 0.1) is 13.8 Å². The van der Waals surface area contributed by atoms with Crippen LogP contribution in [0.15, 0.2) is 138 Å². The molecule has 0 aliphatic rings. The van der Waals surface area contributed by atoms with Crippen molar-refractivity contribution >= 4 is 27.5 Å². The SMILES string of the molecule is CCC(C)NC(=O)C(Cc1ccccc1)N(Cc1ccc(C)cc1)C(=O)CN(c1ccc(Oc2ccccc2)cc1)S(=O)(=O)c1ccc(C)cc1. The molecule has 5 aromatic rings. The second-order valence-corrected chi connectivity index (χ2v) is 14.6. The molecule has 0 saturated heterocycles. The van der Waals surface area contributed by atoms with Crippen LogP contribution in [0.4, 0.5) is 5.69 Å². The summed E-state index contributed by atoms with van der Waals surface area (Å²) in [7, 11) is -4.23. The van der Waals surface area contributed by atoms with Gasteiger partial charge in [0.25, 0.3) is 10.0 Å². The first kappa shape index (κ1) is 36.9. The smallest absolute Gasteiger partial charge is 0.264 e. The van der Waals surface area contributed by atoms with Crippen molar-refractivity contribution in [3.05, 3.63) is 156 Å². The van der Waals surface area contributed by atoms with Gasteiger partial charge in [0.05, 0.1) is 10.6 Å². The highest BCUT2D eigenvalue weighted by Gasteiger charge is 2.35. The van der Waals surface area contributed by atoms with Crippen LogP contribution in [0.3, 0.4) is 0 Å². The predicted octanol–water partition coefficient (Wildman–Crippen LogP) is 7.85. The molecule has 0 saturated carbocycles. The summed E-state index contributed by atoms with van der Waals surface area (Å²) in [6.07, 6.45) is 0.958. The lowest BCUT2D eigenvalue weighted by molar-refractivity contribution is -0.140. The molecular weight excluding hydrogens is 659 g/mol. The number of benzene rings is 5. The van der Waals surface area contributed by atoms with Crippen LogP contribution in [0.1, 0.15) is 42.5 Å². The third-order valence-electron chi connectivity index (χ3n) is 8.74. The summed E-state index contributed by atoms with van der Waals surface area (Å²) in [5.74, 6) is 0.325. The summed E-state index contributed by atoms with van der Waals surface area (Å²) >= 11 is 0. The van der Waals surface area contributed by atoms with E-state index in [1.807, 2.05) is 113 Å². The molecule has 2 atom stereocenters. The Hall–Kier alpha value is -5.41. The van der Waals surface area contributed by atoms with Crippen molar-refractivity contribution in [3.63, 3.8) is 0 Å². The third-order valence-corrected chi connectivity index (χ3v) is 10.5. The zero-order chi connectivity index (χ0) is 36.4. The summed E-state index contributed by atoms with van der Waals surface area (Å²) < 4.78 is 35.9. The lowest BCUT2D eigenvalue weighted by Crippen LogP contribution is -2.54. The standard InChI is InChI=1S/C42H45N3O5S/c1-5-33(4)43-42(47)40(28-34-12-8-6-9-13-34)44(29-35-20-16-31(2)17-21-35)41(46)30-45(51(48,49)39-26-18-32(3)19-27-39)36-22-24-38(25-23-36)50-37-14-10-7-11-15-37/h6-27,33,40H,5,28-30H2,1-4H3,(H,43,47). The highest BCUT2D eigenvalue weighted by atomic mass is 32.2. The highest BCUT2D eigenvalue weighted by Crippen LogP contribution is 2.29. The third kappa shape index (κ3) is 9.86. The van der Waals surface area contributed by atoms with E-state index in [0.717, 1.165) is 26.6 Å². The molecule has 1 N–H and O–H groups in total. The molecule has 51 heavy (non-hydrogen) atoms. The van der Waals surface area contributed by atoms with E-state index >= 15 is 0 Å². The molecule has 0 radical (unpaired) electrons. The fourth-order valence-corrected chi connectivity index (χ4v) is 6.97. The normalized spacial score (nSPS) is 12.4. The van der Waals surface area contributed by atoms with Crippen molar-refractivity contribution in [2.24, 2.45) is 0 Å². The number of para-hydroxylation sites is 1. The quantitative estimate of drug-likeness (QED) is 0.120. The molecule has 2 amide bonds. The summed E-state index contributed by atoms with van der Waals surface area (Å²) in [6, 6.07) is 38.6. The van der Waals surface area contributed by atoms with Crippen LogP contribution < -0.4 is 14.4 Å². The van der Waals surface area contributed by atoms with Gasteiger partial charge in [0.2, 0.25) is 11.8 Å². The van der Waals surface area contributed by atoms with Crippen LogP contribution in [-0.4, -0.2) is 43.8 Å². The van der Waals surface area contributed by atoms with Crippen LogP contribution in [0.2, 0.25) is 0 Å². The van der Waals surface area contributed by atoms with Gasteiger partial charge in [0.15, 0.2) is 0 Å². The molecule has 0 aliphatic carbocycles. The summed E-state index contributed by atoms with van der Waals surface area (Å²) in [4.78, 5) is 30.4. The van der Waals surface area contributed by atoms with Crippen molar-refractivity contribution in [3.8, 4) is 11.5 Å². The second-order valence-electron chi connectivity index (χ2n) is 12.8. The highest BCUT2D eigenvalue weighted by molar-refractivity contribution is 7.92. The number of carbonyl (C=O) groups excluding carboxylic acids is 2. The topological polar surface area (TPSA) is 96.0 Å². The average molecular weight is 704 g/mol. The van der Waals surface area contributed by atoms with E-state index in [4.69, 9.17) is 4.74 Å². The molecule has 264 valence electrons.